The van der Waals surface area contributed by atoms with Crippen molar-refractivity contribution in [2.24, 2.45) is 0 Å². The highest BCUT2D eigenvalue weighted by Gasteiger charge is 2.17. The summed E-state index contributed by atoms with van der Waals surface area (Å²) in [4.78, 5) is 0. The molecule has 1 rings (SSSR count). The van der Waals surface area contributed by atoms with Crippen molar-refractivity contribution in [3.8, 4) is 0 Å². The molecule has 1 heterocycles. The summed E-state index contributed by atoms with van der Waals surface area (Å²) in [6.45, 7) is 4.55. The number of hydrogen-bond donors (Lipinski definition) is 1. The van der Waals surface area contributed by atoms with Crippen LogP contribution in [0.25, 0.3) is 0 Å². The van der Waals surface area contributed by atoms with E-state index in [0.29, 0.717) is 0 Å². The molecule has 0 bridgehead atoms. The second kappa shape index (κ2) is 3.97. The van der Waals surface area contributed by atoms with Crippen LogP contribution in [0.1, 0.15) is 46.0 Å². The van der Waals surface area contributed by atoms with E-state index < -0.39 is 0 Å². The molecule has 60 valence electrons. The summed E-state index contributed by atoms with van der Waals surface area (Å²) in [5.74, 6) is 0. The van der Waals surface area contributed by atoms with Crippen LogP contribution < -0.4 is 5.32 Å². The fraction of sp³-hybridized carbons (Fsp3) is 1.00. The predicted molar refractivity (Wildman–Crippen MR) is 45.1 cm³/mol. The van der Waals surface area contributed by atoms with Crippen molar-refractivity contribution in [3.63, 3.8) is 0 Å². The third-order valence-corrected chi connectivity index (χ3v) is 2.56. The van der Waals surface area contributed by atoms with Crippen LogP contribution >= 0.6 is 0 Å². The Morgan fingerprint density at radius 3 is 2.00 bits per heavy atom. The van der Waals surface area contributed by atoms with Crippen molar-refractivity contribution in [1.29, 1.82) is 0 Å². The highest BCUT2D eigenvalue weighted by atomic mass is 15.0. The van der Waals surface area contributed by atoms with Crippen LogP contribution in [-0.2, 0) is 0 Å². The standard InChI is InChI=1S/C9H19N/c1-3-8-6-5-7-9(4-2)10-8/h8-10H,3-7H2,1-2H3. The molecule has 0 amide bonds. The monoisotopic (exact) mass is 141 g/mol. The smallest absolute Gasteiger partial charge is 0.00670 e. The molecule has 0 aromatic rings. The van der Waals surface area contributed by atoms with Crippen molar-refractivity contribution < 1.29 is 0 Å². The van der Waals surface area contributed by atoms with Gasteiger partial charge in [-0.05, 0) is 25.7 Å². The van der Waals surface area contributed by atoms with Crippen molar-refractivity contribution in [3.05, 3.63) is 0 Å². The molecule has 1 aliphatic rings. The van der Waals surface area contributed by atoms with Crippen LogP contribution in [-0.4, -0.2) is 12.1 Å². The van der Waals surface area contributed by atoms with Gasteiger partial charge in [0.1, 0.15) is 0 Å². The molecule has 0 aromatic carbocycles. The molecule has 1 N–H and O–H groups in total. The fourth-order valence-electron chi connectivity index (χ4n) is 1.75. The molecule has 0 saturated carbocycles. The van der Waals surface area contributed by atoms with Gasteiger partial charge in [-0.3, -0.25) is 0 Å². The van der Waals surface area contributed by atoms with Crippen molar-refractivity contribution in [2.45, 2.75) is 58.0 Å². The minimum atomic E-state index is 0.818. The SMILES string of the molecule is CCC1CCCC(CC)N1. The van der Waals surface area contributed by atoms with E-state index >= 15 is 0 Å². The average Bonchev–Trinajstić information content (AvgIpc) is 2.05. The van der Waals surface area contributed by atoms with E-state index in [2.05, 4.69) is 19.2 Å². The van der Waals surface area contributed by atoms with E-state index in [-0.39, 0.29) is 0 Å². The first-order chi connectivity index (χ1) is 4.86. The minimum Gasteiger partial charge on any atom is -0.311 e. The van der Waals surface area contributed by atoms with Gasteiger partial charge in [0.2, 0.25) is 0 Å². The van der Waals surface area contributed by atoms with Crippen LogP contribution in [0, 0.1) is 0 Å². The zero-order valence-corrected chi connectivity index (χ0v) is 7.19. The first-order valence-corrected chi connectivity index (χ1v) is 4.62. The van der Waals surface area contributed by atoms with E-state index in [0.717, 1.165) is 12.1 Å². The van der Waals surface area contributed by atoms with Crippen molar-refractivity contribution >= 4 is 0 Å². The zero-order chi connectivity index (χ0) is 7.40. The van der Waals surface area contributed by atoms with Gasteiger partial charge >= 0.3 is 0 Å². The molecular weight excluding hydrogens is 122 g/mol. The number of nitrogens with one attached hydrogen (secondary N) is 1. The van der Waals surface area contributed by atoms with E-state index in [4.69, 9.17) is 0 Å². The molecule has 1 fully saturated rings. The van der Waals surface area contributed by atoms with Crippen molar-refractivity contribution in [2.75, 3.05) is 0 Å². The first kappa shape index (κ1) is 8.06. The zero-order valence-electron chi connectivity index (χ0n) is 7.19. The lowest BCUT2D eigenvalue weighted by Gasteiger charge is -2.29. The van der Waals surface area contributed by atoms with E-state index in [1.54, 1.807) is 0 Å². The first-order valence-electron chi connectivity index (χ1n) is 4.62. The number of rotatable bonds is 2. The van der Waals surface area contributed by atoms with Gasteiger partial charge in [-0.25, -0.2) is 0 Å². The molecule has 0 aromatic heterocycles. The van der Waals surface area contributed by atoms with Gasteiger partial charge in [0.05, 0.1) is 0 Å². The van der Waals surface area contributed by atoms with Crippen LogP contribution in [0.2, 0.25) is 0 Å². The summed E-state index contributed by atoms with van der Waals surface area (Å²) in [7, 11) is 0. The molecule has 1 saturated heterocycles. The summed E-state index contributed by atoms with van der Waals surface area (Å²) < 4.78 is 0. The predicted octanol–water partition coefficient (Wildman–Crippen LogP) is 2.32. The maximum Gasteiger partial charge on any atom is 0.00670 e. The second-order valence-electron chi connectivity index (χ2n) is 3.31. The summed E-state index contributed by atoms with van der Waals surface area (Å²) in [5.41, 5.74) is 0. The highest BCUT2D eigenvalue weighted by Crippen LogP contribution is 2.16. The van der Waals surface area contributed by atoms with Crippen LogP contribution in [0.5, 0.6) is 0 Å². The Morgan fingerprint density at radius 2 is 1.60 bits per heavy atom. The molecule has 1 aliphatic heterocycles. The van der Waals surface area contributed by atoms with Gasteiger partial charge < -0.3 is 5.32 Å². The molecule has 0 radical (unpaired) electrons. The Morgan fingerprint density at radius 1 is 1.10 bits per heavy atom. The number of piperidine rings is 1. The van der Waals surface area contributed by atoms with Crippen LogP contribution in [0.15, 0.2) is 0 Å². The Labute approximate surface area is 64.2 Å². The summed E-state index contributed by atoms with van der Waals surface area (Å²) in [5, 5.41) is 3.65. The molecule has 1 nitrogen and oxygen atoms in total. The second-order valence-corrected chi connectivity index (χ2v) is 3.31. The lowest BCUT2D eigenvalue weighted by molar-refractivity contribution is 0.308. The van der Waals surface area contributed by atoms with Crippen LogP contribution in [0.3, 0.4) is 0 Å². The van der Waals surface area contributed by atoms with E-state index in [9.17, 15) is 0 Å². The van der Waals surface area contributed by atoms with Gasteiger partial charge in [0.25, 0.3) is 0 Å². The third-order valence-electron chi connectivity index (χ3n) is 2.56. The van der Waals surface area contributed by atoms with Crippen molar-refractivity contribution in [1.82, 2.24) is 5.32 Å². The van der Waals surface area contributed by atoms with Gasteiger partial charge in [0.15, 0.2) is 0 Å². The lowest BCUT2D eigenvalue weighted by atomic mass is 9.96. The Hall–Kier alpha value is -0.0400. The molecule has 1 heteroatoms. The van der Waals surface area contributed by atoms with E-state index in [1.807, 2.05) is 0 Å². The number of hydrogen-bond acceptors (Lipinski definition) is 1. The molecule has 10 heavy (non-hydrogen) atoms. The third kappa shape index (κ3) is 1.98. The molecular formula is C9H19N. The fourth-order valence-corrected chi connectivity index (χ4v) is 1.75. The minimum absolute atomic E-state index is 0.818. The van der Waals surface area contributed by atoms with Gasteiger partial charge in [0, 0.05) is 12.1 Å². The topological polar surface area (TPSA) is 12.0 Å². The van der Waals surface area contributed by atoms with Gasteiger partial charge in [-0.2, -0.15) is 0 Å². The largest absolute Gasteiger partial charge is 0.311 e. The lowest BCUT2D eigenvalue weighted by Crippen LogP contribution is -2.41. The maximum absolute atomic E-state index is 3.65. The quantitative estimate of drug-likeness (QED) is 0.622. The van der Waals surface area contributed by atoms with E-state index in [1.165, 1.54) is 32.1 Å². The molecule has 2 atom stereocenters. The molecule has 0 spiro atoms. The Bertz CT molecular complexity index is 80.7. The summed E-state index contributed by atoms with van der Waals surface area (Å²) in [6, 6.07) is 1.64. The average molecular weight is 141 g/mol. The Kier molecular flexibility index (Phi) is 3.20. The van der Waals surface area contributed by atoms with Gasteiger partial charge in [-0.1, -0.05) is 20.3 Å². The molecule has 0 aliphatic carbocycles. The normalized spacial score (nSPS) is 34.2. The highest BCUT2D eigenvalue weighted by molar-refractivity contribution is 4.78. The van der Waals surface area contributed by atoms with Crippen LogP contribution in [0.4, 0.5) is 0 Å². The molecule has 2 unspecified atom stereocenters. The van der Waals surface area contributed by atoms with Gasteiger partial charge in [-0.15, -0.1) is 0 Å². The Balaban J connectivity index is 2.25. The summed E-state index contributed by atoms with van der Waals surface area (Å²) in [6.07, 6.45) is 6.83. The maximum atomic E-state index is 3.65. The summed E-state index contributed by atoms with van der Waals surface area (Å²) >= 11 is 0.